The van der Waals surface area contributed by atoms with Gasteiger partial charge in [0.05, 0.1) is 10.4 Å². The molecule has 0 saturated heterocycles. The van der Waals surface area contributed by atoms with E-state index >= 15 is 0 Å². The molecule has 0 aliphatic rings. The van der Waals surface area contributed by atoms with Gasteiger partial charge >= 0.3 is 0 Å². The van der Waals surface area contributed by atoms with E-state index in [0.717, 1.165) is 5.56 Å². The first-order valence-corrected chi connectivity index (χ1v) is 6.12. The van der Waals surface area contributed by atoms with E-state index in [2.05, 4.69) is 0 Å². The first kappa shape index (κ1) is 12.4. The highest BCUT2D eigenvalue weighted by Crippen LogP contribution is 2.30. The largest absolute Gasteiger partial charge is 0.205 e. The highest BCUT2D eigenvalue weighted by molar-refractivity contribution is 6.31. The van der Waals surface area contributed by atoms with Crippen molar-refractivity contribution < 1.29 is 4.39 Å². The highest BCUT2D eigenvalue weighted by Gasteiger charge is 2.15. The molecule has 0 saturated carbocycles. The van der Waals surface area contributed by atoms with Gasteiger partial charge in [0.2, 0.25) is 0 Å². The highest BCUT2D eigenvalue weighted by atomic mass is 35.5. The van der Waals surface area contributed by atoms with Gasteiger partial charge in [0, 0.05) is 5.56 Å². The second-order valence-electron chi connectivity index (χ2n) is 3.80. The van der Waals surface area contributed by atoms with Gasteiger partial charge in [-0.3, -0.25) is 0 Å². The molecule has 1 unspecified atom stereocenters. The smallest absolute Gasteiger partial charge is 0.146 e. The van der Waals surface area contributed by atoms with Crippen LogP contribution in [0.2, 0.25) is 5.02 Å². The SMILES string of the molecule is Fc1c(Cl)cccc1C(Cl)Cc1ccccc1. The van der Waals surface area contributed by atoms with Crippen LogP contribution in [0.25, 0.3) is 0 Å². The molecule has 0 spiro atoms. The molecule has 0 aliphatic heterocycles. The van der Waals surface area contributed by atoms with E-state index in [-0.39, 0.29) is 5.02 Å². The molecule has 0 N–H and O–H groups in total. The van der Waals surface area contributed by atoms with E-state index < -0.39 is 11.2 Å². The fourth-order valence-corrected chi connectivity index (χ4v) is 2.22. The van der Waals surface area contributed by atoms with Gasteiger partial charge in [-0.1, -0.05) is 54.1 Å². The van der Waals surface area contributed by atoms with Gasteiger partial charge in [-0.05, 0) is 18.1 Å². The molecule has 0 nitrogen and oxygen atoms in total. The topological polar surface area (TPSA) is 0 Å². The van der Waals surface area contributed by atoms with Gasteiger partial charge in [0.15, 0.2) is 0 Å². The second kappa shape index (κ2) is 5.52. The van der Waals surface area contributed by atoms with Crippen LogP contribution in [0.3, 0.4) is 0 Å². The van der Waals surface area contributed by atoms with Crippen LogP contribution in [0.4, 0.5) is 4.39 Å². The van der Waals surface area contributed by atoms with E-state index in [1.165, 1.54) is 6.07 Å². The van der Waals surface area contributed by atoms with E-state index in [4.69, 9.17) is 23.2 Å². The first-order chi connectivity index (χ1) is 8.18. The number of halogens is 3. The molecule has 88 valence electrons. The molecule has 0 amide bonds. The first-order valence-electron chi connectivity index (χ1n) is 5.30. The van der Waals surface area contributed by atoms with Crippen molar-refractivity contribution in [2.75, 3.05) is 0 Å². The molecule has 2 aromatic carbocycles. The fraction of sp³-hybridized carbons (Fsp3) is 0.143. The van der Waals surface area contributed by atoms with Crippen molar-refractivity contribution in [2.24, 2.45) is 0 Å². The summed E-state index contributed by atoms with van der Waals surface area (Å²) in [4.78, 5) is 0. The van der Waals surface area contributed by atoms with Crippen LogP contribution >= 0.6 is 23.2 Å². The summed E-state index contributed by atoms with van der Waals surface area (Å²) in [5.41, 5.74) is 1.52. The Kier molecular flexibility index (Phi) is 4.03. The van der Waals surface area contributed by atoms with Crippen molar-refractivity contribution in [1.29, 1.82) is 0 Å². The van der Waals surface area contributed by atoms with Crippen molar-refractivity contribution in [3.8, 4) is 0 Å². The monoisotopic (exact) mass is 268 g/mol. The number of hydrogen-bond donors (Lipinski definition) is 0. The van der Waals surface area contributed by atoms with Crippen molar-refractivity contribution in [2.45, 2.75) is 11.8 Å². The Balaban J connectivity index is 2.20. The van der Waals surface area contributed by atoms with E-state index in [1.807, 2.05) is 30.3 Å². The van der Waals surface area contributed by atoms with Crippen LogP contribution in [0.5, 0.6) is 0 Å². The fourth-order valence-electron chi connectivity index (χ4n) is 1.69. The molecule has 1 atom stereocenters. The summed E-state index contributed by atoms with van der Waals surface area (Å²) in [6.07, 6.45) is 0.583. The number of benzene rings is 2. The molecule has 0 heterocycles. The molecule has 17 heavy (non-hydrogen) atoms. The standard InChI is InChI=1S/C14H11Cl2F/c15-12-8-4-7-11(14(12)17)13(16)9-10-5-2-1-3-6-10/h1-8,13H,9H2. The summed E-state index contributed by atoms with van der Waals surface area (Å²) in [5.74, 6) is -0.426. The zero-order valence-corrected chi connectivity index (χ0v) is 10.5. The molecule has 3 heteroatoms. The van der Waals surface area contributed by atoms with Gasteiger partial charge in [0.1, 0.15) is 5.82 Å². The lowest BCUT2D eigenvalue weighted by atomic mass is 10.0. The van der Waals surface area contributed by atoms with Crippen molar-refractivity contribution >= 4 is 23.2 Å². The van der Waals surface area contributed by atoms with Gasteiger partial charge in [0.25, 0.3) is 0 Å². The van der Waals surface area contributed by atoms with E-state index in [9.17, 15) is 4.39 Å². The van der Waals surface area contributed by atoms with Crippen LogP contribution in [-0.2, 0) is 6.42 Å². The minimum Gasteiger partial charge on any atom is -0.205 e. The van der Waals surface area contributed by atoms with Crippen LogP contribution in [0.1, 0.15) is 16.5 Å². The molecule has 0 radical (unpaired) electrons. The molecule has 0 aromatic heterocycles. The van der Waals surface area contributed by atoms with Crippen molar-refractivity contribution in [1.82, 2.24) is 0 Å². The van der Waals surface area contributed by atoms with E-state index in [0.29, 0.717) is 12.0 Å². The minimum absolute atomic E-state index is 0.112. The molecule has 0 aliphatic carbocycles. The lowest BCUT2D eigenvalue weighted by molar-refractivity contribution is 0.606. The Morgan fingerprint density at radius 2 is 1.71 bits per heavy atom. The summed E-state index contributed by atoms with van der Waals surface area (Å²) >= 11 is 11.9. The van der Waals surface area contributed by atoms with Crippen LogP contribution in [0.15, 0.2) is 48.5 Å². The minimum atomic E-state index is -0.426. The maximum atomic E-state index is 13.7. The number of rotatable bonds is 3. The maximum Gasteiger partial charge on any atom is 0.146 e. The molecule has 2 rings (SSSR count). The Morgan fingerprint density at radius 1 is 1.00 bits per heavy atom. The lowest BCUT2D eigenvalue weighted by Crippen LogP contribution is -1.99. The predicted molar refractivity (Wildman–Crippen MR) is 70.2 cm³/mol. The van der Waals surface area contributed by atoms with Gasteiger partial charge in [-0.15, -0.1) is 11.6 Å². The Labute approximate surface area is 110 Å². The number of alkyl halides is 1. The average molecular weight is 269 g/mol. The summed E-state index contributed by atoms with van der Waals surface area (Å²) in [6.45, 7) is 0. The third-order valence-corrected chi connectivity index (χ3v) is 3.26. The summed E-state index contributed by atoms with van der Waals surface area (Å²) in [6, 6.07) is 14.7. The third kappa shape index (κ3) is 2.99. The van der Waals surface area contributed by atoms with Crippen LogP contribution in [0, 0.1) is 5.82 Å². The quantitative estimate of drug-likeness (QED) is 0.688. The molecular weight excluding hydrogens is 258 g/mol. The molecule has 0 bridgehead atoms. The second-order valence-corrected chi connectivity index (χ2v) is 4.73. The van der Waals surface area contributed by atoms with Gasteiger partial charge in [-0.2, -0.15) is 0 Å². The normalized spacial score (nSPS) is 12.4. The number of hydrogen-bond acceptors (Lipinski definition) is 0. The Hall–Kier alpha value is -1.05. The zero-order chi connectivity index (χ0) is 12.3. The maximum absolute atomic E-state index is 13.7. The Bertz CT molecular complexity index is 497. The molecule has 2 aromatic rings. The van der Waals surface area contributed by atoms with E-state index in [1.54, 1.807) is 12.1 Å². The van der Waals surface area contributed by atoms with Crippen LogP contribution < -0.4 is 0 Å². The summed E-state index contributed by atoms with van der Waals surface area (Å²) in [5, 5.41) is -0.294. The Morgan fingerprint density at radius 3 is 2.41 bits per heavy atom. The molecular formula is C14H11Cl2F. The van der Waals surface area contributed by atoms with Gasteiger partial charge in [-0.25, -0.2) is 4.39 Å². The lowest BCUT2D eigenvalue weighted by Gasteiger charge is -2.11. The zero-order valence-electron chi connectivity index (χ0n) is 9.04. The molecule has 0 fully saturated rings. The van der Waals surface area contributed by atoms with Gasteiger partial charge < -0.3 is 0 Å². The van der Waals surface area contributed by atoms with Crippen molar-refractivity contribution in [3.05, 3.63) is 70.5 Å². The van der Waals surface area contributed by atoms with Crippen molar-refractivity contribution in [3.63, 3.8) is 0 Å². The summed E-state index contributed by atoms with van der Waals surface area (Å²) in [7, 11) is 0. The average Bonchev–Trinajstić information content (AvgIpc) is 2.34. The summed E-state index contributed by atoms with van der Waals surface area (Å²) < 4.78 is 13.7. The predicted octanol–water partition coefficient (Wildman–Crippen LogP) is 5.00. The van der Waals surface area contributed by atoms with Crippen LogP contribution in [-0.4, -0.2) is 0 Å². The third-order valence-electron chi connectivity index (χ3n) is 2.58.